The number of fused-ring (bicyclic) bond motifs is 3. The Morgan fingerprint density at radius 3 is 2.74 bits per heavy atom. The number of anilines is 2. The van der Waals surface area contributed by atoms with Gasteiger partial charge in [0.1, 0.15) is 5.75 Å². The smallest absolute Gasteiger partial charge is 0.228 e. The quantitative estimate of drug-likeness (QED) is 0.641. The van der Waals surface area contributed by atoms with E-state index in [-0.39, 0.29) is 18.4 Å². The van der Waals surface area contributed by atoms with E-state index in [0.717, 1.165) is 69.0 Å². The molecule has 2 N–H and O–H groups in total. The minimum Gasteiger partial charge on any atom is -0.494 e. The standard InChI is InChI=1S/C25H31N3O3/c29-17-18-4-3-5-19(14-18)28-11-9-27(10-12-28)8-1-2-13-31-20-6-7-21-22-16-23(22)25(30)26-24(21)15-20/h3-7,14-15,22-23,29H,1-2,8-13,16-17H2,(H,26,30). The number of aliphatic hydroxyl groups is 1. The number of unbranched alkanes of at least 4 members (excludes halogenated alkanes) is 1. The second-order valence-corrected chi connectivity index (χ2v) is 8.90. The first kappa shape index (κ1) is 20.3. The topological polar surface area (TPSA) is 65.0 Å². The van der Waals surface area contributed by atoms with Gasteiger partial charge in [-0.2, -0.15) is 0 Å². The first-order valence-corrected chi connectivity index (χ1v) is 11.5. The van der Waals surface area contributed by atoms with Crippen LogP contribution < -0.4 is 15.0 Å². The van der Waals surface area contributed by atoms with Gasteiger partial charge in [0, 0.05) is 49.5 Å². The summed E-state index contributed by atoms with van der Waals surface area (Å²) in [5.41, 5.74) is 4.37. The van der Waals surface area contributed by atoms with Crippen molar-refractivity contribution in [2.24, 2.45) is 5.92 Å². The van der Waals surface area contributed by atoms with Crippen molar-refractivity contribution in [1.29, 1.82) is 0 Å². The van der Waals surface area contributed by atoms with Crippen molar-refractivity contribution in [2.45, 2.75) is 31.8 Å². The Balaban J connectivity index is 1.01. The van der Waals surface area contributed by atoms with Crippen molar-refractivity contribution in [3.05, 3.63) is 53.6 Å². The molecule has 2 fully saturated rings. The van der Waals surface area contributed by atoms with Crippen molar-refractivity contribution in [2.75, 3.05) is 49.5 Å². The number of carbonyl (C=O) groups is 1. The average Bonchev–Trinajstić information content (AvgIpc) is 3.61. The van der Waals surface area contributed by atoms with E-state index in [0.29, 0.717) is 12.5 Å². The summed E-state index contributed by atoms with van der Waals surface area (Å²) in [6.45, 7) is 6.07. The van der Waals surface area contributed by atoms with Gasteiger partial charge < -0.3 is 20.1 Å². The van der Waals surface area contributed by atoms with Gasteiger partial charge in [-0.15, -0.1) is 0 Å². The van der Waals surface area contributed by atoms with E-state index in [1.165, 1.54) is 11.3 Å². The van der Waals surface area contributed by atoms with Gasteiger partial charge in [-0.05, 0) is 61.1 Å². The monoisotopic (exact) mass is 421 g/mol. The third-order valence-corrected chi connectivity index (χ3v) is 6.78. The van der Waals surface area contributed by atoms with Crippen molar-refractivity contribution in [1.82, 2.24) is 4.90 Å². The normalized spacial score (nSPS) is 22.5. The van der Waals surface area contributed by atoms with Crippen LogP contribution in [0.3, 0.4) is 0 Å². The van der Waals surface area contributed by atoms with E-state index in [1.807, 2.05) is 24.3 Å². The number of hydrogen-bond acceptors (Lipinski definition) is 5. The van der Waals surface area contributed by atoms with E-state index in [4.69, 9.17) is 4.74 Å². The van der Waals surface area contributed by atoms with Crippen LogP contribution in [0.5, 0.6) is 5.75 Å². The SMILES string of the molecule is O=C1Nc2cc(OCCCCN3CCN(c4cccc(CO)c4)CC3)ccc2C2CC12. The molecule has 0 aromatic heterocycles. The molecule has 2 heterocycles. The summed E-state index contributed by atoms with van der Waals surface area (Å²) in [6, 6.07) is 14.3. The van der Waals surface area contributed by atoms with Gasteiger partial charge in [-0.1, -0.05) is 18.2 Å². The molecule has 31 heavy (non-hydrogen) atoms. The molecule has 3 aliphatic rings. The molecule has 1 saturated heterocycles. The third-order valence-electron chi connectivity index (χ3n) is 6.78. The molecule has 1 amide bonds. The zero-order chi connectivity index (χ0) is 21.2. The van der Waals surface area contributed by atoms with E-state index in [1.54, 1.807) is 0 Å². The molecule has 6 heteroatoms. The maximum absolute atomic E-state index is 11.9. The summed E-state index contributed by atoms with van der Waals surface area (Å²) in [6.07, 6.45) is 3.13. The van der Waals surface area contributed by atoms with Crippen LogP contribution in [0.15, 0.2) is 42.5 Å². The van der Waals surface area contributed by atoms with Crippen LogP contribution >= 0.6 is 0 Å². The second-order valence-electron chi connectivity index (χ2n) is 8.90. The molecule has 0 spiro atoms. The van der Waals surface area contributed by atoms with Crippen LogP contribution in [0, 0.1) is 5.92 Å². The van der Waals surface area contributed by atoms with Crippen LogP contribution in [0.2, 0.25) is 0 Å². The number of ether oxygens (including phenoxy) is 1. The number of nitrogens with one attached hydrogen (secondary N) is 1. The molecule has 164 valence electrons. The maximum Gasteiger partial charge on any atom is 0.228 e. The first-order chi connectivity index (χ1) is 15.2. The Labute approximate surface area is 183 Å². The Kier molecular flexibility index (Phi) is 5.83. The Hall–Kier alpha value is -2.57. The van der Waals surface area contributed by atoms with Gasteiger partial charge in [0.25, 0.3) is 0 Å². The van der Waals surface area contributed by atoms with Crippen molar-refractivity contribution < 1.29 is 14.6 Å². The predicted octanol–water partition coefficient (Wildman–Crippen LogP) is 3.22. The molecule has 2 aliphatic heterocycles. The number of amides is 1. The lowest BCUT2D eigenvalue weighted by atomic mass is 10.0. The zero-order valence-corrected chi connectivity index (χ0v) is 17.9. The fourth-order valence-electron chi connectivity index (χ4n) is 4.82. The molecular weight excluding hydrogens is 390 g/mol. The molecule has 5 rings (SSSR count). The predicted molar refractivity (Wildman–Crippen MR) is 122 cm³/mol. The second kappa shape index (κ2) is 8.89. The van der Waals surface area contributed by atoms with Crippen LogP contribution in [0.4, 0.5) is 11.4 Å². The number of rotatable bonds is 8. The summed E-state index contributed by atoms with van der Waals surface area (Å²) < 4.78 is 5.94. The molecule has 2 unspecified atom stereocenters. The Morgan fingerprint density at radius 2 is 1.90 bits per heavy atom. The number of hydrogen-bond donors (Lipinski definition) is 2. The fraction of sp³-hybridized carbons (Fsp3) is 0.480. The molecule has 2 atom stereocenters. The largest absolute Gasteiger partial charge is 0.494 e. The van der Waals surface area contributed by atoms with Crippen molar-refractivity contribution >= 4 is 17.3 Å². The lowest BCUT2D eigenvalue weighted by Gasteiger charge is -2.36. The van der Waals surface area contributed by atoms with Crippen LogP contribution in [0.25, 0.3) is 0 Å². The maximum atomic E-state index is 11.9. The van der Waals surface area contributed by atoms with Gasteiger partial charge >= 0.3 is 0 Å². The number of aliphatic hydroxyl groups excluding tert-OH is 1. The molecule has 0 radical (unpaired) electrons. The lowest BCUT2D eigenvalue weighted by molar-refractivity contribution is -0.117. The van der Waals surface area contributed by atoms with Crippen LogP contribution in [-0.4, -0.2) is 55.2 Å². The van der Waals surface area contributed by atoms with Gasteiger partial charge in [0.2, 0.25) is 5.91 Å². The van der Waals surface area contributed by atoms with Crippen LogP contribution in [-0.2, 0) is 11.4 Å². The molecular formula is C25H31N3O3. The fourth-order valence-corrected chi connectivity index (χ4v) is 4.82. The van der Waals surface area contributed by atoms with E-state index in [9.17, 15) is 9.90 Å². The van der Waals surface area contributed by atoms with E-state index in [2.05, 4.69) is 33.3 Å². The third kappa shape index (κ3) is 4.55. The Bertz CT molecular complexity index is 939. The molecule has 2 aromatic carbocycles. The van der Waals surface area contributed by atoms with E-state index < -0.39 is 0 Å². The van der Waals surface area contributed by atoms with Crippen molar-refractivity contribution in [3.8, 4) is 5.75 Å². The van der Waals surface area contributed by atoms with Gasteiger partial charge in [-0.25, -0.2) is 0 Å². The highest BCUT2D eigenvalue weighted by Gasteiger charge is 2.48. The minimum atomic E-state index is 0.0942. The highest BCUT2D eigenvalue weighted by Crippen LogP contribution is 2.53. The summed E-state index contributed by atoms with van der Waals surface area (Å²) in [4.78, 5) is 16.8. The van der Waals surface area contributed by atoms with Gasteiger partial charge in [0.15, 0.2) is 0 Å². The van der Waals surface area contributed by atoms with Crippen LogP contribution in [0.1, 0.15) is 36.3 Å². The van der Waals surface area contributed by atoms with E-state index >= 15 is 0 Å². The lowest BCUT2D eigenvalue weighted by Crippen LogP contribution is -2.46. The molecule has 1 aliphatic carbocycles. The average molecular weight is 422 g/mol. The summed E-state index contributed by atoms with van der Waals surface area (Å²) >= 11 is 0. The number of piperazine rings is 1. The zero-order valence-electron chi connectivity index (χ0n) is 17.9. The summed E-state index contributed by atoms with van der Waals surface area (Å²) in [5.74, 6) is 1.64. The van der Waals surface area contributed by atoms with Gasteiger partial charge in [0.05, 0.1) is 13.2 Å². The molecule has 6 nitrogen and oxygen atoms in total. The van der Waals surface area contributed by atoms with Gasteiger partial charge in [-0.3, -0.25) is 9.69 Å². The summed E-state index contributed by atoms with van der Waals surface area (Å²) in [7, 11) is 0. The molecule has 2 aromatic rings. The highest BCUT2D eigenvalue weighted by molar-refractivity contribution is 5.99. The molecule has 1 saturated carbocycles. The highest BCUT2D eigenvalue weighted by atomic mass is 16.5. The number of nitrogens with zero attached hydrogens (tertiary/aromatic N) is 2. The Morgan fingerprint density at radius 1 is 1.03 bits per heavy atom. The first-order valence-electron chi connectivity index (χ1n) is 11.5. The summed E-state index contributed by atoms with van der Waals surface area (Å²) in [5, 5.41) is 12.4. The molecule has 0 bridgehead atoms. The number of benzene rings is 2. The van der Waals surface area contributed by atoms with Crippen molar-refractivity contribution in [3.63, 3.8) is 0 Å². The number of carbonyl (C=O) groups excluding carboxylic acids is 1. The minimum absolute atomic E-state index is 0.0942.